The molecule has 0 spiro atoms. The summed E-state index contributed by atoms with van der Waals surface area (Å²) in [5.41, 5.74) is 9.35. The Hall–Kier alpha value is -2.66. The molecular formula is C18H15ClFN3O. The Morgan fingerprint density at radius 2 is 2.04 bits per heavy atom. The minimum absolute atomic E-state index is 0.321. The summed E-state index contributed by atoms with van der Waals surface area (Å²) in [5.74, 6) is 0.468. The molecule has 6 heteroatoms. The standard InChI is InChI=1S/C18H15ClFN3O/c1-11-13(3-2-4-16(11)21)9-18-23-22-17(24-18)8-6-12-5-7-14(20)10-15(12)19/h2-8,10H,9,21H2,1H3/b8-6+. The van der Waals surface area contributed by atoms with Crippen molar-refractivity contribution >= 4 is 29.4 Å². The third kappa shape index (κ3) is 3.63. The molecule has 3 rings (SSSR count). The molecule has 0 radical (unpaired) electrons. The molecule has 0 saturated carbocycles. The van der Waals surface area contributed by atoms with Crippen LogP contribution >= 0.6 is 11.6 Å². The van der Waals surface area contributed by atoms with E-state index in [-0.39, 0.29) is 5.82 Å². The third-order valence-electron chi connectivity index (χ3n) is 3.68. The van der Waals surface area contributed by atoms with E-state index >= 15 is 0 Å². The number of nitrogens with two attached hydrogens (primary N) is 1. The summed E-state index contributed by atoms with van der Waals surface area (Å²) in [6.45, 7) is 1.96. The van der Waals surface area contributed by atoms with Gasteiger partial charge in [-0.05, 0) is 47.9 Å². The fourth-order valence-corrected chi connectivity index (χ4v) is 2.49. The van der Waals surface area contributed by atoms with E-state index in [0.29, 0.717) is 28.8 Å². The highest BCUT2D eigenvalue weighted by atomic mass is 35.5. The van der Waals surface area contributed by atoms with Crippen LogP contribution in [0.4, 0.5) is 10.1 Å². The second-order valence-corrected chi connectivity index (χ2v) is 5.75. The maximum absolute atomic E-state index is 13.0. The van der Waals surface area contributed by atoms with Crippen molar-refractivity contribution in [3.05, 3.63) is 75.7 Å². The Balaban J connectivity index is 1.76. The normalized spacial score (nSPS) is 11.3. The highest BCUT2D eigenvalue weighted by Gasteiger charge is 2.08. The first-order valence-electron chi connectivity index (χ1n) is 7.32. The Morgan fingerprint density at radius 3 is 2.83 bits per heavy atom. The Kier molecular flexibility index (Phi) is 4.62. The lowest BCUT2D eigenvalue weighted by Crippen LogP contribution is -1.96. The van der Waals surface area contributed by atoms with Gasteiger partial charge in [-0.3, -0.25) is 0 Å². The zero-order valence-electron chi connectivity index (χ0n) is 13.0. The lowest BCUT2D eigenvalue weighted by molar-refractivity contribution is 0.496. The van der Waals surface area contributed by atoms with Crippen molar-refractivity contribution in [2.24, 2.45) is 0 Å². The summed E-state index contributed by atoms with van der Waals surface area (Å²) in [6.07, 6.45) is 3.85. The molecule has 0 fully saturated rings. The van der Waals surface area contributed by atoms with Gasteiger partial charge in [0.15, 0.2) is 0 Å². The molecule has 0 unspecified atom stereocenters. The molecule has 1 heterocycles. The quantitative estimate of drug-likeness (QED) is 0.708. The van der Waals surface area contributed by atoms with E-state index < -0.39 is 0 Å². The van der Waals surface area contributed by atoms with Gasteiger partial charge in [0.2, 0.25) is 11.8 Å². The summed E-state index contributed by atoms with van der Waals surface area (Å²) in [6, 6.07) is 9.90. The zero-order valence-corrected chi connectivity index (χ0v) is 13.7. The van der Waals surface area contributed by atoms with Crippen molar-refractivity contribution in [2.75, 3.05) is 5.73 Å². The number of rotatable bonds is 4. The monoisotopic (exact) mass is 343 g/mol. The predicted molar refractivity (Wildman–Crippen MR) is 93.0 cm³/mol. The van der Waals surface area contributed by atoms with E-state index in [9.17, 15) is 4.39 Å². The van der Waals surface area contributed by atoms with Crippen LogP contribution in [0.2, 0.25) is 5.02 Å². The molecule has 0 aliphatic heterocycles. The van der Waals surface area contributed by atoms with Gasteiger partial charge in [0, 0.05) is 11.8 Å². The highest BCUT2D eigenvalue weighted by molar-refractivity contribution is 6.32. The van der Waals surface area contributed by atoms with Crippen LogP contribution in [0.25, 0.3) is 12.2 Å². The molecule has 4 nitrogen and oxygen atoms in total. The number of hydrogen-bond donors (Lipinski definition) is 1. The Bertz CT molecular complexity index is 905. The van der Waals surface area contributed by atoms with Crippen molar-refractivity contribution < 1.29 is 8.81 Å². The molecule has 0 atom stereocenters. The molecule has 2 N–H and O–H groups in total. The average Bonchev–Trinajstić information content (AvgIpc) is 2.99. The second kappa shape index (κ2) is 6.84. The molecule has 0 saturated heterocycles. The molecule has 0 amide bonds. The molecule has 1 aromatic heterocycles. The van der Waals surface area contributed by atoms with E-state index in [0.717, 1.165) is 16.8 Å². The number of halogens is 2. The van der Waals surface area contributed by atoms with Crippen LogP contribution in [0.5, 0.6) is 0 Å². The van der Waals surface area contributed by atoms with Crippen LogP contribution in [0.3, 0.4) is 0 Å². The van der Waals surface area contributed by atoms with Gasteiger partial charge in [0.1, 0.15) is 5.82 Å². The summed E-state index contributed by atoms with van der Waals surface area (Å²) in [4.78, 5) is 0. The van der Waals surface area contributed by atoms with E-state index in [1.807, 2.05) is 25.1 Å². The van der Waals surface area contributed by atoms with E-state index in [2.05, 4.69) is 10.2 Å². The van der Waals surface area contributed by atoms with Crippen molar-refractivity contribution in [2.45, 2.75) is 13.3 Å². The summed E-state index contributed by atoms with van der Waals surface area (Å²) in [7, 11) is 0. The minimum Gasteiger partial charge on any atom is -0.421 e. The predicted octanol–water partition coefficient (Wildman–Crippen LogP) is 4.51. The molecule has 122 valence electrons. The molecule has 0 bridgehead atoms. The first kappa shape index (κ1) is 16.2. The molecule has 0 aliphatic rings. The lowest BCUT2D eigenvalue weighted by atomic mass is 10.0. The summed E-state index contributed by atoms with van der Waals surface area (Å²) in [5, 5.41) is 8.32. The Labute approximate surface area is 143 Å². The van der Waals surface area contributed by atoms with Gasteiger partial charge in [-0.25, -0.2) is 4.39 Å². The van der Waals surface area contributed by atoms with Crippen molar-refractivity contribution in [3.63, 3.8) is 0 Å². The van der Waals surface area contributed by atoms with Crippen LogP contribution in [0.1, 0.15) is 28.5 Å². The Morgan fingerprint density at radius 1 is 1.21 bits per heavy atom. The first-order chi connectivity index (χ1) is 11.5. The number of benzene rings is 2. The van der Waals surface area contributed by atoms with E-state index in [1.165, 1.54) is 12.1 Å². The molecule has 0 aliphatic carbocycles. The number of nitrogens with zero attached hydrogens (tertiary/aromatic N) is 2. The van der Waals surface area contributed by atoms with Gasteiger partial charge in [-0.2, -0.15) is 0 Å². The molecule has 3 aromatic rings. The average molecular weight is 344 g/mol. The van der Waals surface area contributed by atoms with Gasteiger partial charge in [0.25, 0.3) is 0 Å². The van der Waals surface area contributed by atoms with Crippen LogP contribution < -0.4 is 5.73 Å². The minimum atomic E-state index is -0.380. The second-order valence-electron chi connectivity index (χ2n) is 5.34. The van der Waals surface area contributed by atoms with Gasteiger partial charge >= 0.3 is 0 Å². The van der Waals surface area contributed by atoms with Crippen LogP contribution in [-0.4, -0.2) is 10.2 Å². The molecule has 2 aromatic carbocycles. The maximum Gasteiger partial charge on any atom is 0.240 e. The lowest BCUT2D eigenvalue weighted by Gasteiger charge is -2.05. The van der Waals surface area contributed by atoms with Crippen LogP contribution in [-0.2, 0) is 6.42 Å². The number of nitrogen functional groups attached to an aromatic ring is 1. The van der Waals surface area contributed by atoms with E-state index in [1.54, 1.807) is 18.2 Å². The van der Waals surface area contributed by atoms with E-state index in [4.69, 9.17) is 21.8 Å². The van der Waals surface area contributed by atoms with Crippen molar-refractivity contribution in [3.8, 4) is 0 Å². The highest BCUT2D eigenvalue weighted by Crippen LogP contribution is 2.21. The van der Waals surface area contributed by atoms with Gasteiger partial charge in [0.05, 0.1) is 11.4 Å². The summed E-state index contributed by atoms with van der Waals surface area (Å²) < 4.78 is 18.6. The summed E-state index contributed by atoms with van der Waals surface area (Å²) >= 11 is 5.97. The zero-order chi connectivity index (χ0) is 17.1. The first-order valence-corrected chi connectivity index (χ1v) is 7.70. The maximum atomic E-state index is 13.0. The van der Waals surface area contributed by atoms with Crippen molar-refractivity contribution in [1.82, 2.24) is 10.2 Å². The SMILES string of the molecule is Cc1c(N)cccc1Cc1nnc(/C=C/c2ccc(F)cc2Cl)o1. The third-order valence-corrected chi connectivity index (χ3v) is 4.01. The van der Waals surface area contributed by atoms with Gasteiger partial charge in [-0.15, -0.1) is 10.2 Å². The van der Waals surface area contributed by atoms with Crippen LogP contribution in [0, 0.1) is 12.7 Å². The molecule has 24 heavy (non-hydrogen) atoms. The van der Waals surface area contributed by atoms with Gasteiger partial charge < -0.3 is 10.2 Å². The number of anilines is 1. The smallest absolute Gasteiger partial charge is 0.240 e. The molecular weight excluding hydrogens is 329 g/mol. The van der Waals surface area contributed by atoms with Gasteiger partial charge in [-0.1, -0.05) is 29.8 Å². The number of hydrogen-bond acceptors (Lipinski definition) is 4. The van der Waals surface area contributed by atoms with Crippen molar-refractivity contribution in [1.29, 1.82) is 0 Å². The largest absolute Gasteiger partial charge is 0.421 e. The van der Waals surface area contributed by atoms with Crippen LogP contribution in [0.15, 0.2) is 40.8 Å². The fourth-order valence-electron chi connectivity index (χ4n) is 2.26. The topological polar surface area (TPSA) is 64.9 Å². The fraction of sp³-hybridized carbons (Fsp3) is 0.111. The number of aromatic nitrogens is 2.